The highest BCUT2D eigenvalue weighted by molar-refractivity contribution is 6.01. The molecule has 8 nitrogen and oxygen atoms in total. The number of nitrogens with zero attached hydrogens (tertiary/aromatic N) is 3. The van der Waals surface area contributed by atoms with Gasteiger partial charge in [-0.3, -0.25) is 9.78 Å². The number of piperidine rings is 1. The highest BCUT2D eigenvalue weighted by Crippen LogP contribution is 2.28. The van der Waals surface area contributed by atoms with Gasteiger partial charge in [0.05, 0.1) is 11.1 Å². The minimum atomic E-state index is -0.351. The fourth-order valence-electron chi connectivity index (χ4n) is 3.96. The van der Waals surface area contributed by atoms with Crippen LogP contribution >= 0.6 is 0 Å². The van der Waals surface area contributed by atoms with Crippen LogP contribution in [0.5, 0.6) is 5.75 Å². The van der Waals surface area contributed by atoms with Gasteiger partial charge in [-0.05, 0) is 61.8 Å². The first-order valence-corrected chi connectivity index (χ1v) is 11.5. The van der Waals surface area contributed by atoms with E-state index >= 15 is 0 Å². The number of benzene rings is 2. The monoisotopic (exact) mass is 472 g/mol. The number of ether oxygens (including phenoxy) is 1. The molecule has 0 radical (unpaired) electrons. The van der Waals surface area contributed by atoms with E-state index in [-0.39, 0.29) is 17.8 Å². The fraction of sp³-hybridized carbons (Fsp3) is 0.231. The van der Waals surface area contributed by atoms with Gasteiger partial charge in [-0.25, -0.2) is 14.4 Å². The average molecular weight is 473 g/mol. The number of amides is 1. The van der Waals surface area contributed by atoms with Crippen LogP contribution < -0.4 is 20.7 Å². The summed E-state index contributed by atoms with van der Waals surface area (Å²) in [5.74, 6) is 0.199. The summed E-state index contributed by atoms with van der Waals surface area (Å²) in [7, 11) is 0. The molecule has 178 valence electrons. The maximum Gasteiger partial charge on any atom is 0.255 e. The van der Waals surface area contributed by atoms with Crippen LogP contribution in [0.1, 0.15) is 28.8 Å². The third-order valence-electron chi connectivity index (χ3n) is 5.76. The SMILES string of the molecule is O=C(NCc1cccnc1)c1cc2cnc(Nc3cccc(F)c3)nc2cc1OC1CCNCC1. The second kappa shape index (κ2) is 10.4. The number of rotatable bonds is 7. The predicted molar refractivity (Wildman–Crippen MR) is 131 cm³/mol. The summed E-state index contributed by atoms with van der Waals surface area (Å²) in [4.78, 5) is 26.1. The van der Waals surface area contributed by atoms with E-state index < -0.39 is 0 Å². The number of halogens is 1. The van der Waals surface area contributed by atoms with Gasteiger partial charge in [0.15, 0.2) is 0 Å². The number of pyridine rings is 1. The summed E-state index contributed by atoms with van der Waals surface area (Å²) in [6.45, 7) is 2.08. The Morgan fingerprint density at radius 2 is 2.00 bits per heavy atom. The predicted octanol–water partition coefficient (Wildman–Crippen LogP) is 3.97. The van der Waals surface area contributed by atoms with Crippen LogP contribution in [0.2, 0.25) is 0 Å². The lowest BCUT2D eigenvalue weighted by molar-refractivity contribution is 0.0940. The molecule has 1 aliphatic rings. The van der Waals surface area contributed by atoms with Crippen molar-refractivity contribution in [2.75, 3.05) is 18.4 Å². The van der Waals surface area contributed by atoms with Gasteiger partial charge in [0.25, 0.3) is 5.91 Å². The Bertz CT molecular complexity index is 1330. The van der Waals surface area contributed by atoms with Crippen LogP contribution in [-0.2, 0) is 6.54 Å². The summed E-state index contributed by atoms with van der Waals surface area (Å²) in [6, 6.07) is 13.3. The molecule has 2 aromatic heterocycles. The smallest absolute Gasteiger partial charge is 0.255 e. The van der Waals surface area contributed by atoms with Gasteiger partial charge in [-0.1, -0.05) is 12.1 Å². The Morgan fingerprint density at radius 3 is 2.80 bits per heavy atom. The third-order valence-corrected chi connectivity index (χ3v) is 5.76. The largest absolute Gasteiger partial charge is 0.489 e. The van der Waals surface area contributed by atoms with Gasteiger partial charge in [-0.15, -0.1) is 0 Å². The zero-order valence-electron chi connectivity index (χ0n) is 19.0. The first-order chi connectivity index (χ1) is 17.1. The standard InChI is InChI=1S/C26H25FN6O2/c27-19-4-1-5-20(12-19)32-26-31-16-18-11-22(25(34)30-15-17-3-2-8-29-14-17)24(13-23(18)33-26)35-21-6-9-28-10-7-21/h1-5,8,11-14,16,21,28H,6-7,9-10,15H2,(H,30,34)(H,31,32,33). The topological polar surface area (TPSA) is 101 Å². The molecule has 0 spiro atoms. The molecule has 1 fully saturated rings. The van der Waals surface area contributed by atoms with Crippen LogP contribution in [0.4, 0.5) is 16.0 Å². The van der Waals surface area contributed by atoms with Crippen molar-refractivity contribution in [2.24, 2.45) is 0 Å². The number of fused-ring (bicyclic) bond motifs is 1. The Kier molecular flexibility index (Phi) is 6.76. The minimum Gasteiger partial charge on any atom is -0.489 e. The second-order valence-electron chi connectivity index (χ2n) is 8.35. The maximum atomic E-state index is 13.5. The van der Waals surface area contributed by atoms with Gasteiger partial charge in [-0.2, -0.15) is 0 Å². The molecule has 35 heavy (non-hydrogen) atoms. The van der Waals surface area contributed by atoms with E-state index in [1.54, 1.807) is 42.9 Å². The van der Waals surface area contributed by atoms with Gasteiger partial charge in [0.2, 0.25) is 5.95 Å². The molecule has 0 unspecified atom stereocenters. The molecule has 1 saturated heterocycles. The highest BCUT2D eigenvalue weighted by atomic mass is 19.1. The van der Waals surface area contributed by atoms with Crippen molar-refractivity contribution in [3.05, 3.63) is 84.1 Å². The van der Waals surface area contributed by atoms with E-state index in [4.69, 9.17) is 4.74 Å². The maximum absolute atomic E-state index is 13.5. The van der Waals surface area contributed by atoms with Crippen molar-refractivity contribution in [3.8, 4) is 5.75 Å². The normalized spacial score (nSPS) is 14.0. The van der Waals surface area contributed by atoms with E-state index in [0.717, 1.165) is 31.5 Å². The summed E-state index contributed by atoms with van der Waals surface area (Å²) < 4.78 is 19.8. The molecule has 9 heteroatoms. The van der Waals surface area contributed by atoms with E-state index in [9.17, 15) is 9.18 Å². The quantitative estimate of drug-likeness (QED) is 0.374. The van der Waals surface area contributed by atoms with Crippen molar-refractivity contribution in [1.82, 2.24) is 25.6 Å². The molecule has 1 amide bonds. The third kappa shape index (κ3) is 5.70. The van der Waals surface area contributed by atoms with Crippen LogP contribution in [0.15, 0.2) is 67.1 Å². The molecule has 2 aromatic carbocycles. The molecule has 0 atom stereocenters. The second-order valence-corrected chi connectivity index (χ2v) is 8.35. The van der Waals surface area contributed by atoms with E-state index in [2.05, 4.69) is 30.9 Å². The lowest BCUT2D eigenvalue weighted by Gasteiger charge is -2.25. The number of aromatic nitrogens is 3. The minimum absolute atomic E-state index is 0.00491. The number of carbonyl (C=O) groups excluding carboxylic acids is 1. The van der Waals surface area contributed by atoms with Crippen molar-refractivity contribution in [3.63, 3.8) is 0 Å². The number of hydrogen-bond acceptors (Lipinski definition) is 7. The van der Waals surface area contributed by atoms with Crippen LogP contribution in [-0.4, -0.2) is 40.1 Å². The Balaban J connectivity index is 1.44. The van der Waals surface area contributed by atoms with Gasteiger partial charge < -0.3 is 20.7 Å². The highest BCUT2D eigenvalue weighted by Gasteiger charge is 2.20. The Hall–Kier alpha value is -4.11. The number of carbonyl (C=O) groups is 1. The lowest BCUT2D eigenvalue weighted by atomic mass is 10.1. The summed E-state index contributed by atoms with van der Waals surface area (Å²) >= 11 is 0. The van der Waals surface area contributed by atoms with E-state index in [1.807, 2.05) is 12.1 Å². The average Bonchev–Trinajstić information content (AvgIpc) is 2.88. The fourth-order valence-corrected chi connectivity index (χ4v) is 3.96. The molecular formula is C26H25FN6O2. The van der Waals surface area contributed by atoms with E-state index in [1.165, 1.54) is 12.1 Å². The Morgan fingerprint density at radius 1 is 1.11 bits per heavy atom. The molecule has 0 aliphatic carbocycles. The first kappa shape index (κ1) is 22.7. The molecular weight excluding hydrogens is 447 g/mol. The molecule has 1 aliphatic heterocycles. The van der Waals surface area contributed by atoms with Crippen LogP contribution in [0.3, 0.4) is 0 Å². The van der Waals surface area contributed by atoms with Gasteiger partial charge in [0, 0.05) is 42.3 Å². The molecule has 5 rings (SSSR count). The molecule has 3 N–H and O–H groups in total. The first-order valence-electron chi connectivity index (χ1n) is 11.5. The number of anilines is 2. The van der Waals surface area contributed by atoms with Crippen molar-refractivity contribution < 1.29 is 13.9 Å². The molecule has 0 saturated carbocycles. The lowest BCUT2D eigenvalue weighted by Crippen LogP contribution is -2.34. The van der Waals surface area contributed by atoms with Crippen molar-refractivity contribution >= 4 is 28.4 Å². The van der Waals surface area contributed by atoms with E-state index in [0.29, 0.717) is 40.4 Å². The number of nitrogens with one attached hydrogen (secondary N) is 3. The van der Waals surface area contributed by atoms with Crippen molar-refractivity contribution in [1.29, 1.82) is 0 Å². The van der Waals surface area contributed by atoms with Gasteiger partial charge in [0.1, 0.15) is 17.7 Å². The molecule has 3 heterocycles. The zero-order valence-corrected chi connectivity index (χ0v) is 19.0. The molecule has 0 bridgehead atoms. The van der Waals surface area contributed by atoms with Crippen LogP contribution in [0.25, 0.3) is 10.9 Å². The number of hydrogen-bond donors (Lipinski definition) is 3. The summed E-state index contributed by atoms with van der Waals surface area (Å²) in [5, 5.41) is 9.98. The summed E-state index contributed by atoms with van der Waals surface area (Å²) in [5.41, 5.74) is 2.49. The van der Waals surface area contributed by atoms with Crippen LogP contribution in [0, 0.1) is 5.82 Å². The zero-order chi connectivity index (χ0) is 24.0. The van der Waals surface area contributed by atoms with Crippen molar-refractivity contribution in [2.45, 2.75) is 25.5 Å². The van der Waals surface area contributed by atoms with Gasteiger partial charge >= 0.3 is 0 Å². The summed E-state index contributed by atoms with van der Waals surface area (Å²) in [6.07, 6.45) is 6.75. The molecule has 4 aromatic rings. The Labute approximate surface area is 202 Å².